The van der Waals surface area contributed by atoms with E-state index >= 15 is 0 Å². The minimum Gasteiger partial charge on any atom is -0.287 e. The second-order valence-corrected chi connectivity index (χ2v) is 5.10. The van der Waals surface area contributed by atoms with E-state index in [0.717, 1.165) is 10.4 Å². The van der Waals surface area contributed by atoms with Crippen molar-refractivity contribution in [2.24, 2.45) is 0 Å². The Labute approximate surface area is 95.0 Å². The topological polar surface area (TPSA) is 17.1 Å². The van der Waals surface area contributed by atoms with Crippen LogP contribution in [0.2, 0.25) is 5.02 Å². The van der Waals surface area contributed by atoms with Gasteiger partial charge in [-0.25, -0.2) is 0 Å². The van der Waals surface area contributed by atoms with E-state index < -0.39 is 0 Å². The molecule has 0 atom stereocenters. The molecule has 0 aliphatic heterocycles. The molecule has 1 nitrogen and oxygen atoms in total. The van der Waals surface area contributed by atoms with Crippen LogP contribution < -0.4 is 0 Å². The molecule has 0 unspecified atom stereocenters. The molecule has 2 rings (SSSR count). The van der Waals surface area contributed by atoms with Crippen molar-refractivity contribution in [2.75, 3.05) is 0 Å². The lowest BCUT2D eigenvalue weighted by molar-refractivity contribution is 0.104. The molecule has 2 aromatic heterocycles. The van der Waals surface area contributed by atoms with Gasteiger partial charge < -0.3 is 0 Å². The Morgan fingerprint density at radius 2 is 1.86 bits per heavy atom. The van der Waals surface area contributed by atoms with Crippen molar-refractivity contribution in [3.63, 3.8) is 0 Å². The first kappa shape index (κ1) is 9.90. The normalized spacial score (nSPS) is 10.4. The Morgan fingerprint density at radius 3 is 2.36 bits per heavy atom. The van der Waals surface area contributed by atoms with Crippen molar-refractivity contribution in [3.05, 3.63) is 43.2 Å². The van der Waals surface area contributed by atoms with Crippen LogP contribution in [0.3, 0.4) is 0 Å². The molecule has 0 saturated carbocycles. The van der Waals surface area contributed by atoms with Gasteiger partial charge >= 0.3 is 0 Å². The van der Waals surface area contributed by atoms with E-state index in [9.17, 15) is 4.79 Å². The fourth-order valence-corrected chi connectivity index (χ4v) is 3.19. The van der Waals surface area contributed by atoms with E-state index in [2.05, 4.69) is 0 Å². The molecule has 0 saturated heterocycles. The summed E-state index contributed by atoms with van der Waals surface area (Å²) in [5.41, 5.74) is 1.02. The number of rotatable bonds is 2. The van der Waals surface area contributed by atoms with Gasteiger partial charge in [0.05, 0.1) is 14.8 Å². The number of ketones is 1. The molecule has 14 heavy (non-hydrogen) atoms. The maximum absolute atomic E-state index is 11.9. The zero-order chi connectivity index (χ0) is 10.1. The van der Waals surface area contributed by atoms with Gasteiger partial charge in [-0.1, -0.05) is 11.6 Å². The summed E-state index contributed by atoms with van der Waals surface area (Å²) in [6.07, 6.45) is 0. The highest BCUT2D eigenvalue weighted by atomic mass is 35.5. The summed E-state index contributed by atoms with van der Waals surface area (Å²) in [6, 6.07) is 3.70. The van der Waals surface area contributed by atoms with Gasteiger partial charge in [0.2, 0.25) is 5.78 Å². The van der Waals surface area contributed by atoms with Crippen molar-refractivity contribution in [3.8, 4) is 0 Å². The van der Waals surface area contributed by atoms with Crippen LogP contribution in [0.15, 0.2) is 22.9 Å². The van der Waals surface area contributed by atoms with E-state index in [1.54, 1.807) is 6.07 Å². The number of hydrogen-bond donors (Lipinski definition) is 0. The second-order valence-electron chi connectivity index (χ2n) is 2.86. The van der Waals surface area contributed by atoms with Crippen LogP contribution in [0.25, 0.3) is 0 Å². The molecule has 0 aliphatic carbocycles. The van der Waals surface area contributed by atoms with Crippen LogP contribution >= 0.6 is 34.3 Å². The van der Waals surface area contributed by atoms with Gasteiger partial charge in [-0.05, 0) is 35.4 Å². The molecular weight excluding hydrogens is 236 g/mol. The van der Waals surface area contributed by atoms with Crippen LogP contribution in [0, 0.1) is 6.92 Å². The molecule has 0 N–H and O–H groups in total. The number of carbonyl (C=O) groups excluding carboxylic acids is 1. The van der Waals surface area contributed by atoms with E-state index in [1.807, 2.05) is 23.8 Å². The van der Waals surface area contributed by atoms with Crippen molar-refractivity contribution < 1.29 is 4.79 Å². The highest BCUT2D eigenvalue weighted by Crippen LogP contribution is 2.28. The first-order valence-electron chi connectivity index (χ1n) is 4.02. The zero-order valence-electron chi connectivity index (χ0n) is 7.41. The smallest absolute Gasteiger partial charge is 0.214 e. The summed E-state index contributed by atoms with van der Waals surface area (Å²) in [6.45, 7) is 1.94. The van der Waals surface area contributed by atoms with Crippen molar-refractivity contribution in [2.45, 2.75) is 6.92 Å². The van der Waals surface area contributed by atoms with Crippen LogP contribution in [-0.2, 0) is 0 Å². The summed E-state index contributed by atoms with van der Waals surface area (Å²) in [7, 11) is 0. The molecule has 0 aromatic carbocycles. The molecule has 0 fully saturated rings. The first-order chi connectivity index (χ1) is 6.70. The van der Waals surface area contributed by atoms with E-state index in [-0.39, 0.29) is 5.78 Å². The maximum Gasteiger partial charge on any atom is 0.214 e. The lowest BCUT2D eigenvalue weighted by atomic mass is 10.2. The molecule has 0 spiro atoms. The van der Waals surface area contributed by atoms with Crippen LogP contribution in [0.1, 0.15) is 20.1 Å². The van der Waals surface area contributed by atoms with Crippen molar-refractivity contribution in [1.29, 1.82) is 0 Å². The van der Waals surface area contributed by atoms with Gasteiger partial charge in [-0.15, -0.1) is 22.7 Å². The molecular formula is C10H7ClOS2. The minimum atomic E-state index is 0.0394. The Morgan fingerprint density at radius 1 is 1.21 bits per heavy atom. The van der Waals surface area contributed by atoms with Gasteiger partial charge in [0.1, 0.15) is 0 Å². The lowest BCUT2D eigenvalue weighted by Crippen LogP contribution is -1.97. The fraction of sp³-hybridized carbons (Fsp3) is 0.100. The molecule has 4 heteroatoms. The Bertz CT molecular complexity index is 428. The van der Waals surface area contributed by atoms with Crippen molar-refractivity contribution in [1.82, 2.24) is 0 Å². The van der Waals surface area contributed by atoms with Gasteiger partial charge in [-0.2, -0.15) is 0 Å². The molecule has 72 valence electrons. The monoisotopic (exact) mass is 242 g/mol. The van der Waals surface area contributed by atoms with Gasteiger partial charge in [0.25, 0.3) is 0 Å². The third kappa shape index (κ3) is 1.63. The highest BCUT2D eigenvalue weighted by Gasteiger charge is 2.16. The molecule has 0 bridgehead atoms. The number of hydrogen-bond acceptors (Lipinski definition) is 3. The van der Waals surface area contributed by atoms with Crippen LogP contribution in [0.5, 0.6) is 0 Å². The second kappa shape index (κ2) is 3.85. The predicted octanol–water partition coefficient (Wildman–Crippen LogP) is 4.00. The molecule has 2 aromatic rings. The van der Waals surface area contributed by atoms with Crippen LogP contribution in [-0.4, -0.2) is 5.78 Å². The summed E-state index contributed by atoms with van der Waals surface area (Å²) >= 11 is 8.75. The minimum absolute atomic E-state index is 0.0394. The third-order valence-corrected chi connectivity index (χ3v) is 4.25. The first-order valence-corrected chi connectivity index (χ1v) is 6.15. The summed E-state index contributed by atoms with van der Waals surface area (Å²) < 4.78 is 0. The van der Waals surface area contributed by atoms with Crippen molar-refractivity contribution >= 4 is 40.1 Å². The Kier molecular flexibility index (Phi) is 2.72. The average Bonchev–Trinajstić information content (AvgIpc) is 2.73. The zero-order valence-corrected chi connectivity index (χ0v) is 9.80. The van der Waals surface area contributed by atoms with E-state index in [4.69, 9.17) is 11.6 Å². The van der Waals surface area contributed by atoms with Gasteiger partial charge in [0, 0.05) is 0 Å². The van der Waals surface area contributed by atoms with Gasteiger partial charge in [-0.3, -0.25) is 4.79 Å². The fourth-order valence-electron chi connectivity index (χ4n) is 1.16. The molecule has 0 amide bonds. The Balaban J connectivity index is 2.44. The molecule has 0 aliphatic rings. The van der Waals surface area contributed by atoms with Crippen LogP contribution in [0.4, 0.5) is 0 Å². The van der Waals surface area contributed by atoms with Gasteiger partial charge in [0.15, 0.2) is 0 Å². The molecule has 2 heterocycles. The number of thiophene rings is 2. The number of aryl methyl sites for hydroxylation is 1. The quantitative estimate of drug-likeness (QED) is 0.728. The lowest BCUT2D eigenvalue weighted by Gasteiger charge is -1.96. The highest BCUT2D eigenvalue weighted by molar-refractivity contribution is 7.16. The SMILES string of the molecule is Cc1ccsc1C(=O)c1sccc1Cl. The largest absolute Gasteiger partial charge is 0.287 e. The standard InChI is InChI=1S/C10H7ClOS2/c1-6-2-4-13-9(6)8(12)10-7(11)3-5-14-10/h2-5H,1H3. The summed E-state index contributed by atoms with van der Waals surface area (Å²) in [4.78, 5) is 13.4. The summed E-state index contributed by atoms with van der Waals surface area (Å²) in [5, 5.41) is 4.30. The maximum atomic E-state index is 11.9. The summed E-state index contributed by atoms with van der Waals surface area (Å²) in [5.74, 6) is 0.0394. The van der Waals surface area contributed by atoms with E-state index in [1.165, 1.54) is 22.7 Å². The molecule has 0 radical (unpaired) electrons. The number of carbonyl (C=O) groups is 1. The van der Waals surface area contributed by atoms with E-state index in [0.29, 0.717) is 9.90 Å². The average molecular weight is 243 g/mol. The number of halogens is 1. The predicted molar refractivity (Wildman–Crippen MR) is 61.8 cm³/mol. The third-order valence-electron chi connectivity index (χ3n) is 1.89. The Hall–Kier alpha value is -0.640.